The van der Waals surface area contributed by atoms with Crippen molar-refractivity contribution in [1.29, 1.82) is 5.26 Å². The van der Waals surface area contributed by atoms with Gasteiger partial charge in [0.2, 0.25) is 0 Å². The first-order valence-electron chi connectivity index (χ1n) is 9.62. The summed E-state index contributed by atoms with van der Waals surface area (Å²) < 4.78 is 28.3. The molecule has 0 aliphatic carbocycles. The Labute approximate surface area is 168 Å². The lowest BCUT2D eigenvalue weighted by Crippen LogP contribution is -1.92. The fourth-order valence-electron chi connectivity index (χ4n) is 3.62. The van der Waals surface area contributed by atoms with Crippen LogP contribution in [-0.4, -0.2) is 0 Å². The summed E-state index contributed by atoms with van der Waals surface area (Å²) in [7, 11) is 0. The van der Waals surface area contributed by atoms with Gasteiger partial charge in [-0.25, -0.2) is 8.78 Å². The molecule has 3 heteroatoms. The molecule has 0 saturated heterocycles. The lowest BCUT2D eigenvalue weighted by molar-refractivity contribution is 0.585. The molecule has 142 valence electrons. The Morgan fingerprint density at radius 3 is 1.90 bits per heavy atom. The SMILES string of the molecule is CCCc1ccc(-c2ccc(-c3ccc4c(F)c(C#N)c(F)cc4c3)cc2)cc1. The summed E-state index contributed by atoms with van der Waals surface area (Å²) in [6, 6.07) is 24.6. The monoisotopic (exact) mass is 383 g/mol. The fraction of sp³-hybridized carbons (Fsp3) is 0.115. The van der Waals surface area contributed by atoms with Gasteiger partial charge in [-0.2, -0.15) is 5.26 Å². The van der Waals surface area contributed by atoms with Crippen molar-refractivity contribution < 1.29 is 8.78 Å². The first kappa shape index (κ1) is 18.8. The highest BCUT2D eigenvalue weighted by atomic mass is 19.1. The molecule has 1 nitrogen and oxygen atoms in total. The van der Waals surface area contributed by atoms with Gasteiger partial charge in [0.1, 0.15) is 17.4 Å². The van der Waals surface area contributed by atoms with Gasteiger partial charge in [0, 0.05) is 5.39 Å². The summed E-state index contributed by atoms with van der Waals surface area (Å²) in [6.45, 7) is 2.17. The minimum atomic E-state index is -0.837. The average molecular weight is 383 g/mol. The van der Waals surface area contributed by atoms with Crippen LogP contribution in [0.3, 0.4) is 0 Å². The van der Waals surface area contributed by atoms with Crippen LogP contribution in [0.25, 0.3) is 33.0 Å². The molecule has 0 amide bonds. The first-order valence-corrected chi connectivity index (χ1v) is 9.62. The highest BCUT2D eigenvalue weighted by Crippen LogP contribution is 2.30. The van der Waals surface area contributed by atoms with Crippen molar-refractivity contribution in [3.8, 4) is 28.3 Å². The van der Waals surface area contributed by atoms with Gasteiger partial charge in [0.15, 0.2) is 5.82 Å². The van der Waals surface area contributed by atoms with E-state index in [4.69, 9.17) is 5.26 Å². The van der Waals surface area contributed by atoms with E-state index in [1.54, 1.807) is 24.3 Å². The predicted octanol–water partition coefficient (Wildman–Crippen LogP) is 7.28. The molecule has 0 spiro atoms. The van der Waals surface area contributed by atoms with Crippen molar-refractivity contribution in [3.63, 3.8) is 0 Å². The molecule has 4 aromatic rings. The number of nitrogens with zero attached hydrogens (tertiary/aromatic N) is 1. The number of benzene rings is 4. The number of rotatable bonds is 4. The Morgan fingerprint density at radius 1 is 0.759 bits per heavy atom. The summed E-state index contributed by atoms with van der Waals surface area (Å²) in [4.78, 5) is 0. The van der Waals surface area contributed by atoms with E-state index in [1.807, 2.05) is 24.3 Å². The fourth-order valence-corrected chi connectivity index (χ4v) is 3.62. The largest absolute Gasteiger partial charge is 0.205 e. The summed E-state index contributed by atoms with van der Waals surface area (Å²) in [5.74, 6) is -1.65. The van der Waals surface area contributed by atoms with Crippen LogP contribution >= 0.6 is 0 Å². The van der Waals surface area contributed by atoms with Gasteiger partial charge < -0.3 is 0 Å². The minimum Gasteiger partial charge on any atom is -0.205 e. The second-order valence-corrected chi connectivity index (χ2v) is 7.12. The quantitative estimate of drug-likeness (QED) is 0.363. The highest BCUT2D eigenvalue weighted by Gasteiger charge is 2.14. The lowest BCUT2D eigenvalue weighted by atomic mass is 9.97. The Hall–Kier alpha value is -3.51. The number of hydrogen-bond donors (Lipinski definition) is 0. The molecule has 0 aliphatic rings. The van der Waals surface area contributed by atoms with E-state index in [0.29, 0.717) is 5.39 Å². The molecule has 0 radical (unpaired) electrons. The van der Waals surface area contributed by atoms with E-state index in [1.165, 1.54) is 11.6 Å². The molecule has 0 fully saturated rings. The van der Waals surface area contributed by atoms with Crippen LogP contribution in [0.5, 0.6) is 0 Å². The molecule has 4 rings (SSSR count). The maximum absolute atomic E-state index is 14.3. The van der Waals surface area contributed by atoms with Gasteiger partial charge in [0.05, 0.1) is 0 Å². The van der Waals surface area contributed by atoms with Crippen molar-refractivity contribution in [2.45, 2.75) is 19.8 Å². The van der Waals surface area contributed by atoms with Crippen LogP contribution in [0.1, 0.15) is 24.5 Å². The zero-order valence-electron chi connectivity index (χ0n) is 16.0. The minimum absolute atomic E-state index is 0.246. The molecule has 0 unspecified atom stereocenters. The normalized spacial score (nSPS) is 10.8. The van der Waals surface area contributed by atoms with Crippen molar-refractivity contribution in [1.82, 2.24) is 0 Å². The summed E-state index contributed by atoms with van der Waals surface area (Å²) in [5.41, 5.74) is 4.90. The number of halogens is 2. The molecule has 0 heterocycles. The Bertz CT molecular complexity index is 1220. The summed E-state index contributed by atoms with van der Waals surface area (Å²) >= 11 is 0. The van der Waals surface area contributed by atoms with E-state index in [9.17, 15) is 8.78 Å². The molecule has 0 bridgehead atoms. The molecule has 29 heavy (non-hydrogen) atoms. The van der Waals surface area contributed by atoms with Crippen LogP contribution in [0.2, 0.25) is 0 Å². The summed E-state index contributed by atoms with van der Waals surface area (Å²) in [5, 5.41) is 9.61. The molecule has 0 aliphatic heterocycles. The van der Waals surface area contributed by atoms with Gasteiger partial charge in [-0.15, -0.1) is 0 Å². The third-order valence-corrected chi connectivity index (χ3v) is 5.18. The van der Waals surface area contributed by atoms with E-state index >= 15 is 0 Å². The molecule has 0 N–H and O–H groups in total. The standard InChI is InChI=1S/C26H19F2N/c1-2-3-17-4-6-18(7-5-17)19-8-10-20(11-9-19)21-12-13-23-22(14-21)15-25(27)24(16-29)26(23)28/h4-15H,2-3H2,1H3. The second kappa shape index (κ2) is 7.85. The van der Waals surface area contributed by atoms with Gasteiger partial charge >= 0.3 is 0 Å². The molecule has 0 aromatic heterocycles. The number of aryl methyl sites for hydroxylation is 1. The smallest absolute Gasteiger partial charge is 0.151 e. The average Bonchev–Trinajstić information content (AvgIpc) is 2.74. The van der Waals surface area contributed by atoms with Crippen molar-refractivity contribution >= 4 is 10.8 Å². The van der Waals surface area contributed by atoms with E-state index < -0.39 is 17.2 Å². The van der Waals surface area contributed by atoms with E-state index in [-0.39, 0.29) is 5.39 Å². The molecular weight excluding hydrogens is 364 g/mol. The highest BCUT2D eigenvalue weighted by molar-refractivity contribution is 5.89. The summed E-state index contributed by atoms with van der Waals surface area (Å²) in [6.07, 6.45) is 2.21. The number of nitriles is 1. The molecule has 4 aromatic carbocycles. The first-order chi connectivity index (χ1) is 14.1. The van der Waals surface area contributed by atoms with Crippen LogP contribution in [0.4, 0.5) is 8.78 Å². The van der Waals surface area contributed by atoms with Crippen molar-refractivity contribution in [2.75, 3.05) is 0 Å². The van der Waals surface area contributed by atoms with Crippen LogP contribution in [0.15, 0.2) is 72.8 Å². The molecule has 0 saturated carbocycles. The number of fused-ring (bicyclic) bond motifs is 1. The van der Waals surface area contributed by atoms with Gasteiger partial charge in [-0.05, 0) is 51.8 Å². The topological polar surface area (TPSA) is 23.8 Å². The Morgan fingerprint density at radius 2 is 1.31 bits per heavy atom. The zero-order chi connectivity index (χ0) is 20.4. The second-order valence-electron chi connectivity index (χ2n) is 7.12. The van der Waals surface area contributed by atoms with E-state index in [2.05, 4.69) is 31.2 Å². The van der Waals surface area contributed by atoms with Crippen LogP contribution < -0.4 is 0 Å². The Balaban J connectivity index is 1.67. The predicted molar refractivity (Wildman–Crippen MR) is 113 cm³/mol. The van der Waals surface area contributed by atoms with Crippen molar-refractivity contribution in [2.24, 2.45) is 0 Å². The third-order valence-electron chi connectivity index (χ3n) is 5.18. The van der Waals surface area contributed by atoms with Gasteiger partial charge in [-0.1, -0.05) is 74.0 Å². The zero-order valence-corrected chi connectivity index (χ0v) is 16.0. The van der Waals surface area contributed by atoms with Crippen molar-refractivity contribution in [3.05, 3.63) is 95.6 Å². The third kappa shape index (κ3) is 3.62. The van der Waals surface area contributed by atoms with E-state index in [0.717, 1.165) is 35.1 Å². The maximum atomic E-state index is 14.3. The molecule has 0 atom stereocenters. The maximum Gasteiger partial charge on any atom is 0.151 e. The Kier molecular flexibility index (Phi) is 5.10. The van der Waals surface area contributed by atoms with Gasteiger partial charge in [0.25, 0.3) is 0 Å². The van der Waals surface area contributed by atoms with Gasteiger partial charge in [-0.3, -0.25) is 0 Å². The van der Waals surface area contributed by atoms with Crippen LogP contribution in [-0.2, 0) is 6.42 Å². The molecular formula is C26H19F2N. The lowest BCUT2D eigenvalue weighted by Gasteiger charge is -2.08. The van der Waals surface area contributed by atoms with Crippen LogP contribution in [0, 0.1) is 23.0 Å². The number of hydrogen-bond acceptors (Lipinski definition) is 1.